The number of hydrogen-bond donors (Lipinski definition) is 2. The van der Waals surface area contributed by atoms with Gasteiger partial charge in [-0.3, -0.25) is 14.6 Å². The molecule has 1 aliphatic rings. The van der Waals surface area contributed by atoms with Gasteiger partial charge in [-0.15, -0.1) is 11.3 Å². The highest BCUT2D eigenvalue weighted by Gasteiger charge is 2.44. The molecular weight excluding hydrogens is 388 g/mol. The zero-order chi connectivity index (χ0) is 21.1. The number of nitrogens with zero attached hydrogens (tertiary/aromatic N) is 3. The fourth-order valence-corrected chi connectivity index (χ4v) is 4.63. The second-order valence-corrected chi connectivity index (χ2v) is 8.33. The zero-order valence-electron chi connectivity index (χ0n) is 17.2. The van der Waals surface area contributed by atoms with Crippen molar-refractivity contribution in [3.8, 4) is 0 Å². The summed E-state index contributed by atoms with van der Waals surface area (Å²) >= 11 is 1.28. The minimum absolute atomic E-state index is 0.127. The van der Waals surface area contributed by atoms with Gasteiger partial charge in [-0.25, -0.2) is 4.98 Å². The van der Waals surface area contributed by atoms with E-state index in [2.05, 4.69) is 23.8 Å². The van der Waals surface area contributed by atoms with E-state index in [0.29, 0.717) is 17.1 Å². The molecule has 7 nitrogen and oxygen atoms in total. The average molecular weight is 416 g/mol. The highest BCUT2D eigenvalue weighted by molar-refractivity contribution is 7.14. The van der Waals surface area contributed by atoms with Crippen molar-refractivity contribution in [3.05, 3.63) is 57.0 Å². The molecular formula is C21H27N4O3S+. The summed E-state index contributed by atoms with van der Waals surface area (Å²) in [4.78, 5) is 38.1. The summed E-state index contributed by atoms with van der Waals surface area (Å²) in [5.41, 5.74) is 1.50. The number of rotatable bonds is 8. The molecule has 1 amide bonds. The van der Waals surface area contributed by atoms with Crippen LogP contribution in [0.25, 0.3) is 0 Å². The van der Waals surface area contributed by atoms with E-state index in [1.807, 2.05) is 6.92 Å². The first-order valence-corrected chi connectivity index (χ1v) is 10.7. The summed E-state index contributed by atoms with van der Waals surface area (Å²) in [6.07, 6.45) is 3.26. The fraction of sp³-hybridized carbons (Fsp3) is 0.429. The molecule has 0 unspecified atom stereocenters. The van der Waals surface area contributed by atoms with Crippen molar-refractivity contribution in [2.24, 2.45) is 0 Å². The third-order valence-electron chi connectivity index (χ3n) is 5.39. The van der Waals surface area contributed by atoms with E-state index in [9.17, 15) is 14.7 Å². The summed E-state index contributed by atoms with van der Waals surface area (Å²) in [5, 5.41) is 11.5. The molecule has 0 saturated carbocycles. The molecule has 0 fully saturated rings. The summed E-state index contributed by atoms with van der Waals surface area (Å²) in [5.74, 6) is -1.30. The van der Waals surface area contributed by atoms with Crippen molar-refractivity contribution >= 4 is 23.0 Å². The van der Waals surface area contributed by atoms with Gasteiger partial charge in [-0.1, -0.05) is 0 Å². The summed E-state index contributed by atoms with van der Waals surface area (Å²) in [6.45, 7) is 10.9. The monoisotopic (exact) mass is 415 g/mol. The van der Waals surface area contributed by atoms with E-state index < -0.39 is 17.7 Å². The lowest BCUT2D eigenvalue weighted by molar-refractivity contribution is -0.895. The number of aliphatic hydroxyl groups excluding tert-OH is 1. The van der Waals surface area contributed by atoms with E-state index >= 15 is 0 Å². The Kier molecular flexibility index (Phi) is 6.44. The number of pyridine rings is 1. The van der Waals surface area contributed by atoms with E-state index in [1.54, 1.807) is 36.4 Å². The number of hydrogen-bond acceptors (Lipinski definition) is 6. The Morgan fingerprint density at radius 3 is 2.45 bits per heavy atom. The lowest BCUT2D eigenvalue weighted by Crippen LogP contribution is -3.12. The summed E-state index contributed by atoms with van der Waals surface area (Å²) in [7, 11) is 0. The van der Waals surface area contributed by atoms with Crippen molar-refractivity contribution in [2.75, 3.05) is 26.2 Å². The average Bonchev–Trinajstić information content (AvgIpc) is 3.19. The Balaban J connectivity index is 2.02. The second-order valence-electron chi connectivity index (χ2n) is 7.13. The van der Waals surface area contributed by atoms with Gasteiger partial charge in [0.25, 0.3) is 5.91 Å². The largest absolute Gasteiger partial charge is 0.503 e. The van der Waals surface area contributed by atoms with Crippen LogP contribution in [0.3, 0.4) is 0 Å². The first-order valence-electron chi connectivity index (χ1n) is 9.85. The smallest absolute Gasteiger partial charge is 0.290 e. The normalized spacial score (nSPS) is 16.9. The zero-order valence-corrected chi connectivity index (χ0v) is 18.0. The molecule has 154 valence electrons. The van der Waals surface area contributed by atoms with Crippen molar-refractivity contribution in [3.63, 3.8) is 0 Å². The van der Waals surface area contributed by atoms with Gasteiger partial charge >= 0.3 is 0 Å². The molecule has 3 rings (SSSR count). The van der Waals surface area contributed by atoms with Crippen molar-refractivity contribution in [1.82, 2.24) is 14.9 Å². The van der Waals surface area contributed by atoms with Gasteiger partial charge in [0.15, 0.2) is 5.76 Å². The number of aliphatic hydroxyl groups is 1. The lowest BCUT2D eigenvalue weighted by Gasteiger charge is -2.28. The lowest BCUT2D eigenvalue weighted by atomic mass is 9.96. The number of carbonyl (C=O) groups is 2. The van der Waals surface area contributed by atoms with Gasteiger partial charge in [-0.2, -0.15) is 0 Å². The fourth-order valence-electron chi connectivity index (χ4n) is 3.75. The SMILES string of the molecule is CC[NH+](CC)CCN1C(=O)C(O)=C(C(=O)c2sc(C)nc2C)[C@@H]1c1ccncc1. The predicted molar refractivity (Wildman–Crippen MR) is 111 cm³/mol. The van der Waals surface area contributed by atoms with Crippen LogP contribution in [-0.4, -0.2) is 57.8 Å². The van der Waals surface area contributed by atoms with Crippen LogP contribution >= 0.6 is 11.3 Å². The molecule has 3 heterocycles. The topological polar surface area (TPSA) is 87.8 Å². The highest BCUT2D eigenvalue weighted by Crippen LogP contribution is 2.39. The number of carbonyl (C=O) groups excluding carboxylic acids is 2. The van der Waals surface area contributed by atoms with Gasteiger partial charge in [-0.05, 0) is 45.4 Å². The van der Waals surface area contributed by atoms with Crippen LogP contribution in [0.5, 0.6) is 0 Å². The van der Waals surface area contributed by atoms with Crippen molar-refractivity contribution in [1.29, 1.82) is 0 Å². The number of aromatic nitrogens is 2. The van der Waals surface area contributed by atoms with Crippen LogP contribution in [0.2, 0.25) is 0 Å². The number of nitrogens with one attached hydrogen (secondary N) is 1. The molecule has 0 aromatic carbocycles. The van der Waals surface area contributed by atoms with E-state index in [-0.39, 0.29) is 11.4 Å². The van der Waals surface area contributed by atoms with Crippen LogP contribution in [-0.2, 0) is 4.79 Å². The first kappa shape index (κ1) is 21.1. The Hall–Kier alpha value is -2.58. The van der Waals surface area contributed by atoms with Gasteiger partial charge in [0, 0.05) is 12.4 Å². The predicted octanol–water partition coefficient (Wildman–Crippen LogP) is 1.66. The number of quaternary nitrogens is 1. The molecule has 1 aliphatic heterocycles. The van der Waals surface area contributed by atoms with Crippen LogP contribution in [0.4, 0.5) is 0 Å². The number of thiazole rings is 1. The van der Waals surface area contributed by atoms with E-state index in [1.165, 1.54) is 16.2 Å². The van der Waals surface area contributed by atoms with Gasteiger partial charge in [0.1, 0.15) is 0 Å². The highest BCUT2D eigenvalue weighted by atomic mass is 32.1. The van der Waals surface area contributed by atoms with Crippen LogP contribution in [0.1, 0.15) is 45.8 Å². The first-order chi connectivity index (χ1) is 13.9. The number of Topliss-reactive ketones (excluding diaryl/α,β-unsaturated/α-hetero) is 1. The number of amides is 1. The van der Waals surface area contributed by atoms with Crippen LogP contribution in [0, 0.1) is 13.8 Å². The van der Waals surface area contributed by atoms with Crippen LogP contribution in [0.15, 0.2) is 35.9 Å². The third kappa shape index (κ3) is 4.09. The van der Waals surface area contributed by atoms with Gasteiger partial charge < -0.3 is 14.9 Å². The quantitative estimate of drug-likeness (QED) is 0.640. The summed E-state index contributed by atoms with van der Waals surface area (Å²) < 4.78 is 0. The molecule has 0 bridgehead atoms. The van der Waals surface area contributed by atoms with E-state index in [0.717, 1.165) is 30.2 Å². The molecule has 2 aromatic heterocycles. The Morgan fingerprint density at radius 2 is 1.90 bits per heavy atom. The Morgan fingerprint density at radius 1 is 1.24 bits per heavy atom. The number of aryl methyl sites for hydroxylation is 2. The molecule has 29 heavy (non-hydrogen) atoms. The van der Waals surface area contributed by atoms with Crippen LogP contribution < -0.4 is 4.90 Å². The Labute approximate surface area is 174 Å². The van der Waals surface area contributed by atoms with Gasteiger partial charge in [0.05, 0.1) is 53.4 Å². The standard InChI is InChI=1S/C21H26N4O3S/c1-5-24(6-2)11-12-25-17(15-7-9-22-10-8-15)16(19(27)21(25)28)18(26)20-13(3)23-14(4)29-20/h7-10,17,27H,5-6,11-12H2,1-4H3/p+1/t17-/m0/s1. The maximum atomic E-state index is 13.4. The molecule has 2 aromatic rings. The number of ketones is 1. The third-order valence-corrected chi connectivity index (χ3v) is 6.46. The molecule has 0 spiro atoms. The van der Waals surface area contributed by atoms with Crippen molar-refractivity contribution < 1.29 is 19.6 Å². The molecule has 1 atom stereocenters. The van der Waals surface area contributed by atoms with Crippen molar-refractivity contribution in [2.45, 2.75) is 33.7 Å². The minimum Gasteiger partial charge on any atom is -0.503 e. The Bertz CT molecular complexity index is 935. The minimum atomic E-state index is -0.630. The molecule has 2 N–H and O–H groups in total. The van der Waals surface area contributed by atoms with E-state index in [4.69, 9.17) is 0 Å². The molecule has 0 aliphatic carbocycles. The van der Waals surface area contributed by atoms with Gasteiger partial charge in [0.2, 0.25) is 5.78 Å². The number of likely N-dealkylation sites (N-methyl/N-ethyl adjacent to an activating group) is 1. The summed E-state index contributed by atoms with van der Waals surface area (Å²) in [6, 6.07) is 2.94. The molecule has 0 radical (unpaired) electrons. The maximum Gasteiger partial charge on any atom is 0.290 e. The second kappa shape index (κ2) is 8.84. The maximum absolute atomic E-state index is 13.4. The molecule has 8 heteroatoms. The molecule has 0 saturated heterocycles.